The van der Waals surface area contributed by atoms with E-state index in [0.29, 0.717) is 34.9 Å². The lowest BCUT2D eigenvalue weighted by atomic mass is 9.78. The second-order valence-electron chi connectivity index (χ2n) is 8.96. The summed E-state index contributed by atoms with van der Waals surface area (Å²) in [6, 6.07) is 22.2. The molecule has 0 amide bonds. The summed E-state index contributed by atoms with van der Waals surface area (Å²) in [4.78, 5) is 27.2. The maximum absolute atomic E-state index is 13.7. The third kappa shape index (κ3) is 3.67. The number of carbonyl (C=O) groups is 1. The zero-order chi connectivity index (χ0) is 23.9. The quantitative estimate of drug-likeness (QED) is 0.400. The molecule has 0 saturated carbocycles. The average molecular weight is 465 g/mol. The zero-order valence-corrected chi connectivity index (χ0v) is 19.2. The van der Waals surface area contributed by atoms with Crippen LogP contribution in [0.15, 0.2) is 99.5 Å². The minimum absolute atomic E-state index is 0.00257. The van der Waals surface area contributed by atoms with Gasteiger partial charge in [0, 0.05) is 17.7 Å². The van der Waals surface area contributed by atoms with Crippen molar-refractivity contribution in [3.05, 3.63) is 112 Å². The van der Waals surface area contributed by atoms with Crippen molar-refractivity contribution in [1.82, 2.24) is 0 Å². The number of ether oxygens (including phenoxy) is 1. The number of anilines is 2. The third-order valence-electron chi connectivity index (χ3n) is 6.89. The highest BCUT2D eigenvalue weighted by molar-refractivity contribution is 6.01. The van der Waals surface area contributed by atoms with Crippen molar-refractivity contribution in [2.24, 2.45) is 0 Å². The fourth-order valence-corrected chi connectivity index (χ4v) is 5.15. The van der Waals surface area contributed by atoms with Gasteiger partial charge in [-0.25, -0.2) is 0 Å². The van der Waals surface area contributed by atoms with Gasteiger partial charge in [-0.15, -0.1) is 0 Å². The molecule has 2 heterocycles. The molecular formula is C29H24N2O4. The van der Waals surface area contributed by atoms with Gasteiger partial charge in [0.15, 0.2) is 11.2 Å². The second-order valence-corrected chi connectivity index (χ2v) is 8.96. The van der Waals surface area contributed by atoms with Crippen molar-refractivity contribution >= 4 is 28.1 Å². The summed E-state index contributed by atoms with van der Waals surface area (Å²) < 4.78 is 11.2. The van der Waals surface area contributed by atoms with Gasteiger partial charge in [-0.05, 0) is 54.3 Å². The van der Waals surface area contributed by atoms with Crippen molar-refractivity contribution in [3.8, 4) is 5.75 Å². The van der Waals surface area contributed by atoms with Gasteiger partial charge >= 0.3 is 0 Å². The van der Waals surface area contributed by atoms with Gasteiger partial charge in [0.1, 0.15) is 17.6 Å². The van der Waals surface area contributed by atoms with Crippen LogP contribution in [0.25, 0.3) is 11.0 Å². The summed E-state index contributed by atoms with van der Waals surface area (Å²) in [6.45, 7) is 0. The Bertz CT molecular complexity index is 1550. The smallest absolute Gasteiger partial charge is 0.198 e. The van der Waals surface area contributed by atoms with E-state index in [2.05, 4.69) is 10.6 Å². The summed E-state index contributed by atoms with van der Waals surface area (Å²) in [5, 5.41) is 7.47. The van der Waals surface area contributed by atoms with E-state index >= 15 is 0 Å². The van der Waals surface area contributed by atoms with Crippen LogP contribution in [-0.4, -0.2) is 12.9 Å². The Morgan fingerprint density at radius 3 is 2.57 bits per heavy atom. The van der Waals surface area contributed by atoms with E-state index in [1.54, 1.807) is 19.2 Å². The van der Waals surface area contributed by atoms with E-state index in [9.17, 15) is 9.59 Å². The van der Waals surface area contributed by atoms with Gasteiger partial charge in [-0.2, -0.15) is 0 Å². The molecule has 1 aliphatic heterocycles. The van der Waals surface area contributed by atoms with Crippen LogP contribution in [0.5, 0.6) is 5.75 Å². The molecule has 3 aromatic carbocycles. The molecule has 6 rings (SSSR count). The Kier molecular flexibility index (Phi) is 5.14. The Morgan fingerprint density at radius 1 is 0.914 bits per heavy atom. The Hall–Kier alpha value is -4.32. The SMILES string of the molecule is COc1cccc(C2CC(=O)C3=C(C2)Nc2ccccc2NC3c2coc3ccccc3c2=O)c1. The normalized spacial score (nSPS) is 19.3. The van der Waals surface area contributed by atoms with Crippen LogP contribution >= 0.6 is 0 Å². The van der Waals surface area contributed by atoms with Crippen LogP contribution in [0.4, 0.5) is 11.4 Å². The van der Waals surface area contributed by atoms with Gasteiger partial charge < -0.3 is 19.8 Å². The molecule has 2 N–H and O–H groups in total. The van der Waals surface area contributed by atoms with Crippen LogP contribution in [-0.2, 0) is 4.79 Å². The largest absolute Gasteiger partial charge is 0.497 e. The monoisotopic (exact) mass is 464 g/mol. The lowest BCUT2D eigenvalue weighted by Gasteiger charge is -2.29. The molecule has 6 heteroatoms. The van der Waals surface area contributed by atoms with Crippen molar-refractivity contribution in [1.29, 1.82) is 0 Å². The first-order valence-electron chi connectivity index (χ1n) is 11.7. The molecule has 6 nitrogen and oxygen atoms in total. The number of para-hydroxylation sites is 3. The zero-order valence-electron chi connectivity index (χ0n) is 19.2. The first kappa shape index (κ1) is 21.2. The number of hydrogen-bond acceptors (Lipinski definition) is 6. The van der Waals surface area contributed by atoms with Gasteiger partial charge in [0.25, 0.3) is 0 Å². The van der Waals surface area contributed by atoms with Crippen LogP contribution in [0.1, 0.15) is 35.9 Å². The first-order chi connectivity index (χ1) is 17.1. The number of methoxy groups -OCH3 is 1. The third-order valence-corrected chi connectivity index (χ3v) is 6.89. The van der Waals surface area contributed by atoms with Gasteiger partial charge in [-0.1, -0.05) is 36.4 Å². The van der Waals surface area contributed by atoms with E-state index in [4.69, 9.17) is 9.15 Å². The topological polar surface area (TPSA) is 80.6 Å². The minimum Gasteiger partial charge on any atom is -0.497 e. The Balaban J connectivity index is 1.50. The highest BCUT2D eigenvalue weighted by Crippen LogP contribution is 2.44. The van der Waals surface area contributed by atoms with Gasteiger partial charge in [0.05, 0.1) is 35.5 Å². The molecule has 4 aromatic rings. The fraction of sp³-hybridized carbons (Fsp3) is 0.172. The molecular weight excluding hydrogens is 440 g/mol. The van der Waals surface area contributed by atoms with Crippen molar-refractivity contribution in [3.63, 3.8) is 0 Å². The maximum atomic E-state index is 13.7. The van der Waals surface area contributed by atoms with E-state index in [1.165, 1.54) is 6.26 Å². The van der Waals surface area contributed by atoms with Crippen molar-refractivity contribution < 1.29 is 13.9 Å². The summed E-state index contributed by atoms with van der Waals surface area (Å²) in [6.07, 6.45) is 2.48. The fourth-order valence-electron chi connectivity index (χ4n) is 5.15. The molecule has 174 valence electrons. The Morgan fingerprint density at radius 2 is 1.71 bits per heavy atom. The molecule has 2 atom stereocenters. The molecule has 1 aliphatic carbocycles. The molecule has 0 saturated heterocycles. The number of ketones is 1. The standard InChI is InChI=1S/C29H24N2O4/c1-34-19-8-6-7-17(13-19)18-14-24-27(25(32)15-18)28(31-23-11-4-3-10-22(23)30-24)21-16-35-26-12-5-2-9-20(26)29(21)33/h2-13,16,18,28,30-31H,14-15H2,1H3. The summed E-state index contributed by atoms with van der Waals surface area (Å²) in [5.74, 6) is 0.773. The van der Waals surface area contributed by atoms with Crippen LogP contribution in [0.3, 0.4) is 0 Å². The van der Waals surface area contributed by atoms with Crippen molar-refractivity contribution in [2.75, 3.05) is 17.7 Å². The number of allylic oxidation sites excluding steroid dienone is 1. The maximum Gasteiger partial charge on any atom is 0.198 e. The lowest BCUT2D eigenvalue weighted by molar-refractivity contribution is -0.116. The molecule has 35 heavy (non-hydrogen) atoms. The molecule has 1 aromatic heterocycles. The Labute approximate surface area is 202 Å². The van der Waals surface area contributed by atoms with Crippen LogP contribution < -0.4 is 20.8 Å². The highest BCUT2D eigenvalue weighted by Gasteiger charge is 2.37. The second kappa shape index (κ2) is 8.47. The van der Waals surface area contributed by atoms with E-state index < -0.39 is 6.04 Å². The average Bonchev–Trinajstić information content (AvgIpc) is 3.06. The van der Waals surface area contributed by atoms with Crippen LogP contribution in [0.2, 0.25) is 0 Å². The lowest BCUT2D eigenvalue weighted by Crippen LogP contribution is -2.29. The van der Waals surface area contributed by atoms with E-state index in [-0.39, 0.29) is 17.1 Å². The predicted octanol–water partition coefficient (Wildman–Crippen LogP) is 5.78. The van der Waals surface area contributed by atoms with Gasteiger partial charge in [-0.3, -0.25) is 9.59 Å². The van der Waals surface area contributed by atoms with Crippen LogP contribution in [0, 0.1) is 0 Å². The number of hydrogen-bond donors (Lipinski definition) is 2. The summed E-state index contributed by atoms with van der Waals surface area (Å²) in [7, 11) is 1.64. The molecule has 0 bridgehead atoms. The molecule has 0 fully saturated rings. The number of carbonyl (C=O) groups excluding carboxylic acids is 1. The van der Waals surface area contributed by atoms with E-state index in [0.717, 1.165) is 28.4 Å². The summed E-state index contributed by atoms with van der Waals surface area (Å²) >= 11 is 0. The molecule has 2 aliphatic rings. The van der Waals surface area contributed by atoms with Gasteiger partial charge in [0.2, 0.25) is 0 Å². The number of rotatable bonds is 3. The highest BCUT2D eigenvalue weighted by atomic mass is 16.5. The first-order valence-corrected chi connectivity index (χ1v) is 11.7. The number of Topliss-reactive ketones (excluding diaryl/α,β-unsaturated/α-hetero) is 1. The molecule has 0 spiro atoms. The molecule has 2 unspecified atom stereocenters. The molecule has 0 radical (unpaired) electrons. The minimum atomic E-state index is -0.624. The number of benzene rings is 3. The van der Waals surface area contributed by atoms with E-state index in [1.807, 2.05) is 60.7 Å². The van der Waals surface area contributed by atoms with Crippen molar-refractivity contribution in [2.45, 2.75) is 24.8 Å². The number of fused-ring (bicyclic) bond motifs is 2. The summed E-state index contributed by atoms with van der Waals surface area (Å²) in [5.41, 5.74) is 4.96. The number of nitrogens with one attached hydrogen (secondary N) is 2. The predicted molar refractivity (Wildman–Crippen MR) is 136 cm³/mol.